The van der Waals surface area contributed by atoms with E-state index in [1.54, 1.807) is 0 Å². The van der Waals surface area contributed by atoms with Gasteiger partial charge in [-0.15, -0.1) is 0 Å². The molecular weight excluding hydrogens is 629 g/mol. The SMILES string of the molecule is c1ccc(-c2ccc(N(c3ccc(-n4c5ccccc5c5cc6ccccc6cc54)cc3)c3ccc(-c4ccccc4)c4ccccc34)cc2)cc1. The van der Waals surface area contributed by atoms with Gasteiger partial charge in [-0.2, -0.15) is 0 Å². The van der Waals surface area contributed by atoms with Gasteiger partial charge in [0.05, 0.1) is 16.7 Å². The number of rotatable bonds is 6. The molecule has 0 aliphatic carbocycles. The Hall–Kier alpha value is -6.90. The van der Waals surface area contributed by atoms with Crippen molar-refractivity contribution in [1.82, 2.24) is 4.57 Å². The second kappa shape index (κ2) is 12.5. The topological polar surface area (TPSA) is 8.17 Å². The summed E-state index contributed by atoms with van der Waals surface area (Å²) in [6, 6.07) is 74.7. The zero-order chi connectivity index (χ0) is 34.4. The van der Waals surface area contributed by atoms with Crippen LogP contribution in [0.2, 0.25) is 0 Å². The van der Waals surface area contributed by atoms with Gasteiger partial charge in [-0.1, -0.05) is 146 Å². The number of fused-ring (bicyclic) bond motifs is 5. The van der Waals surface area contributed by atoms with Crippen LogP contribution in [0.3, 0.4) is 0 Å². The molecule has 0 aliphatic rings. The van der Waals surface area contributed by atoms with E-state index in [1.165, 1.54) is 65.6 Å². The highest BCUT2D eigenvalue weighted by Gasteiger charge is 2.19. The van der Waals surface area contributed by atoms with E-state index in [9.17, 15) is 0 Å². The van der Waals surface area contributed by atoms with Crippen molar-refractivity contribution < 1.29 is 0 Å². The number of hydrogen-bond acceptors (Lipinski definition) is 1. The van der Waals surface area contributed by atoms with Crippen LogP contribution in [0.15, 0.2) is 206 Å². The second-order valence-corrected chi connectivity index (χ2v) is 13.4. The molecule has 1 aromatic heterocycles. The Bertz CT molecular complexity index is 2870. The fourth-order valence-corrected chi connectivity index (χ4v) is 7.89. The Labute approximate surface area is 303 Å². The maximum Gasteiger partial charge on any atom is 0.0547 e. The fourth-order valence-electron chi connectivity index (χ4n) is 7.89. The predicted octanol–water partition coefficient (Wildman–Crippen LogP) is 13.9. The molecule has 0 bridgehead atoms. The van der Waals surface area contributed by atoms with Crippen LogP contribution in [0.25, 0.3) is 71.3 Å². The first-order valence-electron chi connectivity index (χ1n) is 17.9. The normalized spacial score (nSPS) is 11.5. The molecule has 0 saturated heterocycles. The van der Waals surface area contributed by atoms with Crippen LogP contribution < -0.4 is 4.90 Å². The van der Waals surface area contributed by atoms with E-state index in [4.69, 9.17) is 0 Å². The average Bonchev–Trinajstić information content (AvgIpc) is 3.54. The van der Waals surface area contributed by atoms with Crippen molar-refractivity contribution in [3.63, 3.8) is 0 Å². The molecule has 10 aromatic rings. The van der Waals surface area contributed by atoms with Crippen molar-refractivity contribution in [3.05, 3.63) is 206 Å². The Morgan fingerprint density at radius 3 is 1.58 bits per heavy atom. The minimum absolute atomic E-state index is 1.10. The van der Waals surface area contributed by atoms with Gasteiger partial charge in [-0.3, -0.25) is 0 Å². The van der Waals surface area contributed by atoms with E-state index in [1.807, 2.05) is 0 Å². The molecule has 0 fully saturated rings. The highest BCUT2D eigenvalue weighted by Crippen LogP contribution is 2.43. The highest BCUT2D eigenvalue weighted by atomic mass is 15.1. The summed E-state index contributed by atoms with van der Waals surface area (Å²) in [5.74, 6) is 0. The lowest BCUT2D eigenvalue weighted by atomic mass is 9.96. The van der Waals surface area contributed by atoms with Crippen molar-refractivity contribution in [2.24, 2.45) is 0 Å². The zero-order valence-corrected chi connectivity index (χ0v) is 28.5. The molecule has 2 heteroatoms. The summed E-state index contributed by atoms with van der Waals surface area (Å²) in [6.07, 6.45) is 0. The van der Waals surface area contributed by atoms with E-state index < -0.39 is 0 Å². The number of nitrogens with zero attached hydrogens (tertiary/aromatic N) is 2. The second-order valence-electron chi connectivity index (χ2n) is 13.4. The van der Waals surface area contributed by atoms with Gasteiger partial charge < -0.3 is 9.47 Å². The van der Waals surface area contributed by atoms with Crippen LogP contribution in [0.1, 0.15) is 0 Å². The van der Waals surface area contributed by atoms with Crippen LogP contribution in [0.4, 0.5) is 17.1 Å². The number of anilines is 3. The van der Waals surface area contributed by atoms with Crippen molar-refractivity contribution in [1.29, 1.82) is 0 Å². The smallest absolute Gasteiger partial charge is 0.0547 e. The quantitative estimate of drug-likeness (QED) is 0.172. The van der Waals surface area contributed by atoms with Crippen LogP contribution in [-0.2, 0) is 0 Å². The van der Waals surface area contributed by atoms with E-state index in [0.717, 1.165) is 22.7 Å². The van der Waals surface area contributed by atoms with Crippen molar-refractivity contribution in [2.75, 3.05) is 4.90 Å². The molecule has 244 valence electrons. The summed E-state index contributed by atoms with van der Waals surface area (Å²) in [7, 11) is 0. The summed E-state index contributed by atoms with van der Waals surface area (Å²) in [4.78, 5) is 2.40. The van der Waals surface area contributed by atoms with Crippen LogP contribution in [0, 0.1) is 0 Å². The lowest BCUT2D eigenvalue weighted by molar-refractivity contribution is 1.18. The molecule has 0 radical (unpaired) electrons. The third-order valence-corrected chi connectivity index (χ3v) is 10.4. The van der Waals surface area contributed by atoms with Crippen molar-refractivity contribution >= 4 is 60.4 Å². The molecule has 10 rings (SSSR count). The van der Waals surface area contributed by atoms with Gasteiger partial charge in [0.2, 0.25) is 0 Å². The fraction of sp³-hybridized carbons (Fsp3) is 0. The van der Waals surface area contributed by atoms with E-state index in [0.29, 0.717) is 0 Å². The average molecular weight is 663 g/mol. The van der Waals surface area contributed by atoms with Gasteiger partial charge >= 0.3 is 0 Å². The molecule has 0 N–H and O–H groups in total. The third-order valence-electron chi connectivity index (χ3n) is 10.4. The van der Waals surface area contributed by atoms with Crippen molar-refractivity contribution in [3.8, 4) is 27.9 Å². The lowest BCUT2D eigenvalue weighted by Crippen LogP contribution is -2.11. The Kier molecular flexibility index (Phi) is 7.18. The van der Waals surface area contributed by atoms with Gasteiger partial charge in [-0.25, -0.2) is 0 Å². The Balaban J connectivity index is 1.15. The molecule has 52 heavy (non-hydrogen) atoms. The third kappa shape index (κ3) is 5.04. The maximum atomic E-state index is 2.41. The van der Waals surface area contributed by atoms with E-state index >= 15 is 0 Å². The summed E-state index contributed by atoms with van der Waals surface area (Å²) in [5, 5.41) is 7.46. The van der Waals surface area contributed by atoms with Gasteiger partial charge in [-0.05, 0) is 99.1 Å². The minimum Gasteiger partial charge on any atom is -0.310 e. The largest absolute Gasteiger partial charge is 0.310 e. The summed E-state index contributed by atoms with van der Waals surface area (Å²) in [6.45, 7) is 0. The number of para-hydroxylation sites is 1. The predicted molar refractivity (Wildman–Crippen MR) is 221 cm³/mol. The lowest BCUT2D eigenvalue weighted by Gasteiger charge is -2.28. The molecule has 9 aromatic carbocycles. The maximum absolute atomic E-state index is 2.41. The minimum atomic E-state index is 1.10. The molecule has 0 atom stereocenters. The first kappa shape index (κ1) is 30.0. The first-order valence-corrected chi connectivity index (χ1v) is 17.9. The Morgan fingerprint density at radius 1 is 0.327 bits per heavy atom. The van der Waals surface area contributed by atoms with E-state index in [2.05, 4.69) is 216 Å². The summed E-state index contributed by atoms with van der Waals surface area (Å²) in [5.41, 5.74) is 11.7. The first-order chi connectivity index (χ1) is 25.8. The molecule has 1 heterocycles. The van der Waals surface area contributed by atoms with Crippen LogP contribution in [-0.4, -0.2) is 4.57 Å². The molecule has 0 aliphatic heterocycles. The van der Waals surface area contributed by atoms with Gasteiger partial charge in [0.25, 0.3) is 0 Å². The van der Waals surface area contributed by atoms with Gasteiger partial charge in [0, 0.05) is 33.2 Å². The van der Waals surface area contributed by atoms with Gasteiger partial charge in [0.15, 0.2) is 0 Å². The van der Waals surface area contributed by atoms with Crippen molar-refractivity contribution in [2.45, 2.75) is 0 Å². The summed E-state index contributed by atoms with van der Waals surface area (Å²) >= 11 is 0. The number of benzene rings is 9. The Morgan fingerprint density at radius 2 is 0.865 bits per heavy atom. The van der Waals surface area contributed by atoms with Crippen LogP contribution in [0.5, 0.6) is 0 Å². The molecule has 2 nitrogen and oxygen atoms in total. The number of aromatic nitrogens is 1. The molecule has 0 unspecified atom stereocenters. The molecule has 0 amide bonds. The highest BCUT2D eigenvalue weighted by molar-refractivity contribution is 6.13. The number of hydrogen-bond donors (Lipinski definition) is 0. The zero-order valence-electron chi connectivity index (χ0n) is 28.5. The molecular formula is C50H34N2. The van der Waals surface area contributed by atoms with Crippen LogP contribution >= 0.6 is 0 Å². The molecule has 0 saturated carbocycles. The van der Waals surface area contributed by atoms with Gasteiger partial charge in [0.1, 0.15) is 0 Å². The monoisotopic (exact) mass is 662 g/mol. The van der Waals surface area contributed by atoms with E-state index in [-0.39, 0.29) is 0 Å². The standard InChI is InChI=1S/C50H34N2/c1-3-13-35(14-4-1)36-23-25-40(26-24-36)51(49-32-31-43(37-15-5-2-6-16-37)44-19-9-10-20-45(44)49)41-27-29-42(30-28-41)52-48-22-12-11-21-46(48)47-33-38-17-7-8-18-39(38)34-50(47)52/h1-34H. The molecule has 0 spiro atoms. The summed E-state index contributed by atoms with van der Waals surface area (Å²) < 4.78 is 2.41.